The minimum atomic E-state index is 0.616. The normalized spacial score (nSPS) is 12.8. The van der Waals surface area contributed by atoms with Crippen molar-refractivity contribution in [2.75, 3.05) is 21.4 Å². The second-order valence-electron chi connectivity index (χ2n) is 18.8. The van der Waals surface area contributed by atoms with E-state index in [0.29, 0.717) is 13.3 Å². The second kappa shape index (κ2) is 17.2. The topological polar surface area (TPSA) is 14.7 Å². The summed E-state index contributed by atoms with van der Waals surface area (Å²) < 4.78 is 2.61. The van der Waals surface area contributed by atoms with Gasteiger partial charge >= 0.3 is 0 Å². The van der Waals surface area contributed by atoms with E-state index in [-0.39, 0.29) is 0 Å². The van der Waals surface area contributed by atoms with Crippen LogP contribution in [0.3, 0.4) is 0 Å². The molecule has 3 heterocycles. The SMILES string of the molecule is c1ccc(-c2cccc(-c3ccccc3)c2N2CN(c3cccc(N4Cn5c6c4cccc6c4ccccc4c4cccc(-c6ccccc6)c4c4cccc(-c6ccccc6)c45)c3)c3ccccc32)cc1. The van der Waals surface area contributed by atoms with Crippen molar-refractivity contribution in [1.29, 1.82) is 0 Å². The Morgan fingerprint density at radius 1 is 0.250 bits per heavy atom. The van der Waals surface area contributed by atoms with Crippen LogP contribution in [-0.2, 0) is 6.67 Å². The number of aromatic nitrogens is 1. The minimum Gasteiger partial charge on any atom is -0.321 e. The Kier molecular flexibility index (Phi) is 9.95. The summed E-state index contributed by atoms with van der Waals surface area (Å²) in [4.78, 5) is 7.53. The quantitative estimate of drug-likeness (QED) is 0.158. The van der Waals surface area contributed by atoms with Crippen molar-refractivity contribution in [3.05, 3.63) is 267 Å². The monoisotopic (exact) mass is 920 g/mol. The fourth-order valence-corrected chi connectivity index (χ4v) is 11.7. The van der Waals surface area contributed by atoms with Crippen LogP contribution in [0.2, 0.25) is 0 Å². The molecule has 0 spiro atoms. The summed E-state index contributed by atoms with van der Waals surface area (Å²) in [5, 5.41) is 7.32. The van der Waals surface area contributed by atoms with Crippen LogP contribution in [0.5, 0.6) is 0 Å². The molecule has 0 bridgehead atoms. The first-order valence-electron chi connectivity index (χ1n) is 24.9. The van der Waals surface area contributed by atoms with Crippen LogP contribution >= 0.6 is 0 Å². The van der Waals surface area contributed by atoms with Crippen LogP contribution in [0.25, 0.3) is 87.9 Å². The third-order valence-corrected chi connectivity index (χ3v) is 14.8. The molecule has 4 nitrogen and oxygen atoms in total. The maximum Gasteiger partial charge on any atom is 0.100 e. The lowest BCUT2D eigenvalue weighted by Crippen LogP contribution is -2.25. The average molecular weight is 921 g/mol. The molecule has 0 atom stereocenters. The lowest BCUT2D eigenvalue weighted by atomic mass is 9.93. The zero-order valence-electron chi connectivity index (χ0n) is 39.6. The molecule has 0 unspecified atom stereocenters. The highest BCUT2D eigenvalue weighted by atomic mass is 15.4. The molecule has 0 radical (unpaired) electrons. The minimum absolute atomic E-state index is 0.616. The first kappa shape index (κ1) is 41.6. The van der Waals surface area contributed by atoms with Crippen molar-refractivity contribution in [1.82, 2.24) is 4.57 Å². The highest BCUT2D eigenvalue weighted by Gasteiger charge is 2.32. The van der Waals surface area contributed by atoms with Crippen molar-refractivity contribution in [2.24, 2.45) is 0 Å². The maximum absolute atomic E-state index is 2.61. The van der Waals surface area contributed by atoms with E-state index in [4.69, 9.17) is 0 Å². The molecule has 72 heavy (non-hydrogen) atoms. The number of hydrogen-bond acceptors (Lipinski definition) is 3. The standard InChI is InChI=1S/C68H48N4/c1-5-22-47(23-6-1)53-34-18-38-59-57-32-13-14-33-58(57)60-39-21-43-64-68(60)72(67-56(50-28-11-4-12-29-50)37-20-40-61(67)65(53)59)46-70(64)52-31-17-30-51(44-52)69-45-71(63-42-16-15-41-62(63)69)66-54(48-24-7-2-8-25-48)35-19-36-55(66)49-26-9-3-10-27-49/h1-44H,45-46H2. The predicted molar refractivity (Wildman–Crippen MR) is 304 cm³/mol. The molecule has 0 fully saturated rings. The Hall–Kier alpha value is -9.38. The number of para-hydroxylation sites is 5. The Bertz CT molecular complexity index is 4050. The fraction of sp³-hybridized carbons (Fsp3) is 0.0294. The molecule has 11 aromatic carbocycles. The van der Waals surface area contributed by atoms with Gasteiger partial charge in [-0.1, -0.05) is 231 Å². The van der Waals surface area contributed by atoms with E-state index >= 15 is 0 Å². The van der Waals surface area contributed by atoms with Crippen LogP contribution in [-0.4, -0.2) is 11.2 Å². The smallest absolute Gasteiger partial charge is 0.100 e. The van der Waals surface area contributed by atoms with Gasteiger partial charge in [0.1, 0.15) is 13.3 Å². The van der Waals surface area contributed by atoms with E-state index in [0.717, 1.165) is 11.4 Å². The average Bonchev–Trinajstić information content (AvgIpc) is 4.06. The molecular weight excluding hydrogens is 873 g/mol. The molecule has 0 aliphatic carbocycles. The second-order valence-corrected chi connectivity index (χ2v) is 18.8. The molecule has 0 saturated heterocycles. The molecule has 0 saturated carbocycles. The van der Waals surface area contributed by atoms with Gasteiger partial charge in [-0.25, -0.2) is 0 Å². The summed E-state index contributed by atoms with van der Waals surface area (Å²) in [5.74, 6) is 0. The zero-order valence-corrected chi connectivity index (χ0v) is 39.6. The van der Waals surface area contributed by atoms with Gasteiger partial charge in [0.2, 0.25) is 0 Å². The number of benzene rings is 11. The van der Waals surface area contributed by atoms with Gasteiger partial charge in [0, 0.05) is 38.8 Å². The van der Waals surface area contributed by atoms with Crippen molar-refractivity contribution < 1.29 is 0 Å². The molecular formula is C68H48N4. The molecule has 0 amide bonds. The van der Waals surface area contributed by atoms with Gasteiger partial charge in [-0.15, -0.1) is 0 Å². The summed E-state index contributed by atoms with van der Waals surface area (Å²) in [6, 6.07) is 97.9. The van der Waals surface area contributed by atoms with Gasteiger partial charge in [-0.2, -0.15) is 0 Å². The van der Waals surface area contributed by atoms with Crippen LogP contribution in [0.4, 0.5) is 34.1 Å². The van der Waals surface area contributed by atoms with Crippen molar-refractivity contribution in [3.63, 3.8) is 0 Å². The summed E-state index contributed by atoms with van der Waals surface area (Å²) >= 11 is 0. The zero-order chi connectivity index (χ0) is 47.5. The third-order valence-electron chi connectivity index (χ3n) is 14.8. The lowest BCUT2D eigenvalue weighted by molar-refractivity contribution is 0.795. The molecule has 340 valence electrons. The van der Waals surface area contributed by atoms with Crippen molar-refractivity contribution >= 4 is 77.5 Å². The summed E-state index contributed by atoms with van der Waals surface area (Å²) in [7, 11) is 0. The largest absolute Gasteiger partial charge is 0.321 e. The fourth-order valence-electron chi connectivity index (χ4n) is 11.7. The number of anilines is 6. The highest BCUT2D eigenvalue weighted by Crippen LogP contribution is 2.51. The number of hydrogen-bond donors (Lipinski definition) is 0. The van der Waals surface area contributed by atoms with Crippen molar-refractivity contribution in [3.8, 4) is 44.5 Å². The highest BCUT2D eigenvalue weighted by molar-refractivity contribution is 6.25. The van der Waals surface area contributed by atoms with Gasteiger partial charge in [0.05, 0.1) is 33.8 Å². The van der Waals surface area contributed by atoms with Crippen LogP contribution in [0.1, 0.15) is 0 Å². The Morgan fingerprint density at radius 2 is 0.653 bits per heavy atom. The number of fused-ring (bicyclic) bond motifs is 8. The van der Waals surface area contributed by atoms with E-state index in [2.05, 4.69) is 286 Å². The van der Waals surface area contributed by atoms with Gasteiger partial charge in [0.15, 0.2) is 0 Å². The third kappa shape index (κ3) is 6.75. The van der Waals surface area contributed by atoms with E-state index in [1.54, 1.807) is 0 Å². The molecule has 12 aromatic rings. The molecule has 14 rings (SSSR count). The number of nitrogens with zero attached hydrogens (tertiary/aromatic N) is 4. The molecule has 2 aliphatic heterocycles. The van der Waals surface area contributed by atoms with E-state index in [1.165, 1.54) is 111 Å². The van der Waals surface area contributed by atoms with Crippen LogP contribution in [0.15, 0.2) is 267 Å². The van der Waals surface area contributed by atoms with Gasteiger partial charge in [-0.3, -0.25) is 0 Å². The van der Waals surface area contributed by atoms with Crippen molar-refractivity contribution in [2.45, 2.75) is 6.67 Å². The van der Waals surface area contributed by atoms with Gasteiger partial charge in [0.25, 0.3) is 0 Å². The van der Waals surface area contributed by atoms with Crippen LogP contribution in [0, 0.1) is 0 Å². The van der Waals surface area contributed by atoms with E-state index < -0.39 is 0 Å². The van der Waals surface area contributed by atoms with Gasteiger partial charge < -0.3 is 19.3 Å². The molecule has 4 heteroatoms. The maximum atomic E-state index is 2.61. The summed E-state index contributed by atoms with van der Waals surface area (Å²) in [6.07, 6.45) is 0. The molecule has 1 aromatic heterocycles. The lowest BCUT2D eigenvalue weighted by Gasteiger charge is -2.28. The number of rotatable bonds is 7. The van der Waals surface area contributed by atoms with E-state index in [9.17, 15) is 0 Å². The van der Waals surface area contributed by atoms with Gasteiger partial charge in [-0.05, 0) is 85.8 Å². The Labute approximate surface area is 419 Å². The van der Waals surface area contributed by atoms with Crippen LogP contribution < -0.4 is 14.7 Å². The first-order valence-corrected chi connectivity index (χ1v) is 24.9. The van der Waals surface area contributed by atoms with E-state index in [1.807, 2.05) is 0 Å². The predicted octanol–water partition coefficient (Wildman–Crippen LogP) is 18.2. The Morgan fingerprint density at radius 3 is 1.28 bits per heavy atom. The first-order chi connectivity index (χ1) is 35.8. The summed E-state index contributed by atoms with van der Waals surface area (Å²) in [5.41, 5.74) is 19.0. The molecule has 2 aliphatic rings. The molecule has 0 N–H and O–H groups in total. The Balaban J connectivity index is 0.984. The summed E-state index contributed by atoms with van der Waals surface area (Å²) in [6.45, 7) is 1.26.